The van der Waals surface area contributed by atoms with Crippen molar-refractivity contribution in [2.45, 2.75) is 29.2 Å². The molecule has 0 spiro atoms. The highest BCUT2D eigenvalue weighted by Crippen LogP contribution is 2.42. The number of benzene rings is 1. The monoisotopic (exact) mass is 323 g/mol. The first-order valence-electron chi connectivity index (χ1n) is 6.91. The molecule has 2 heterocycles. The fraction of sp³-hybridized carbons (Fsp3) is 0.400. The van der Waals surface area contributed by atoms with Gasteiger partial charge in [0.2, 0.25) is 0 Å². The molecule has 1 aliphatic heterocycles. The SMILES string of the molecule is COCCn1ncc(Cl)c1C(N)C1Cc2ccccc2S1. The lowest BCUT2D eigenvalue weighted by molar-refractivity contribution is 0.182. The van der Waals surface area contributed by atoms with E-state index in [2.05, 4.69) is 29.4 Å². The molecule has 6 heteroatoms. The number of halogens is 1. The quantitative estimate of drug-likeness (QED) is 0.919. The number of aromatic nitrogens is 2. The molecule has 2 unspecified atom stereocenters. The van der Waals surface area contributed by atoms with Crippen molar-refractivity contribution in [2.24, 2.45) is 5.73 Å². The van der Waals surface area contributed by atoms with Crippen LogP contribution in [0.1, 0.15) is 17.3 Å². The van der Waals surface area contributed by atoms with Crippen molar-refractivity contribution in [2.75, 3.05) is 13.7 Å². The van der Waals surface area contributed by atoms with Crippen LogP contribution in [0.5, 0.6) is 0 Å². The number of nitrogens with two attached hydrogens (primary N) is 1. The molecule has 0 bridgehead atoms. The van der Waals surface area contributed by atoms with Gasteiger partial charge in [-0.1, -0.05) is 29.8 Å². The van der Waals surface area contributed by atoms with E-state index in [1.807, 2.05) is 16.4 Å². The Morgan fingerprint density at radius 3 is 3.10 bits per heavy atom. The number of ether oxygens (including phenoxy) is 1. The fourth-order valence-corrected chi connectivity index (χ4v) is 4.24. The van der Waals surface area contributed by atoms with Gasteiger partial charge in [-0.2, -0.15) is 5.10 Å². The summed E-state index contributed by atoms with van der Waals surface area (Å²) in [5.41, 5.74) is 8.76. The smallest absolute Gasteiger partial charge is 0.0834 e. The Morgan fingerprint density at radius 1 is 1.52 bits per heavy atom. The van der Waals surface area contributed by atoms with E-state index in [4.69, 9.17) is 22.1 Å². The van der Waals surface area contributed by atoms with Gasteiger partial charge in [-0.05, 0) is 18.1 Å². The van der Waals surface area contributed by atoms with Gasteiger partial charge in [0.25, 0.3) is 0 Å². The molecule has 2 aromatic rings. The third kappa shape index (κ3) is 2.97. The standard InChI is InChI=1S/C15H18ClN3OS/c1-20-7-6-19-15(11(16)9-18-19)14(17)13-8-10-4-2-3-5-12(10)21-13/h2-5,9,13-14H,6-8,17H2,1H3. The van der Waals surface area contributed by atoms with Gasteiger partial charge in [0, 0.05) is 17.3 Å². The highest BCUT2D eigenvalue weighted by Gasteiger charge is 2.31. The van der Waals surface area contributed by atoms with Gasteiger partial charge in [0.15, 0.2) is 0 Å². The molecule has 0 aliphatic carbocycles. The Balaban J connectivity index is 1.80. The molecule has 0 saturated carbocycles. The molecule has 0 radical (unpaired) electrons. The van der Waals surface area contributed by atoms with Crippen LogP contribution < -0.4 is 5.73 Å². The summed E-state index contributed by atoms with van der Waals surface area (Å²) in [7, 11) is 1.67. The predicted molar refractivity (Wildman–Crippen MR) is 85.8 cm³/mol. The van der Waals surface area contributed by atoms with Gasteiger partial charge < -0.3 is 10.5 Å². The Kier molecular flexibility index (Phi) is 4.54. The van der Waals surface area contributed by atoms with Crippen molar-refractivity contribution < 1.29 is 4.74 Å². The Bertz CT molecular complexity index is 606. The van der Waals surface area contributed by atoms with Gasteiger partial charge in [-0.3, -0.25) is 4.68 Å². The van der Waals surface area contributed by atoms with Crippen LogP contribution in [0.25, 0.3) is 0 Å². The van der Waals surface area contributed by atoms with Crippen LogP contribution in [0.2, 0.25) is 5.02 Å². The molecule has 0 fully saturated rings. The van der Waals surface area contributed by atoms with Gasteiger partial charge in [-0.15, -0.1) is 11.8 Å². The lowest BCUT2D eigenvalue weighted by atomic mass is 10.0. The van der Waals surface area contributed by atoms with E-state index < -0.39 is 0 Å². The molecule has 1 aromatic carbocycles. The van der Waals surface area contributed by atoms with Gasteiger partial charge in [0.05, 0.1) is 36.1 Å². The van der Waals surface area contributed by atoms with Crippen LogP contribution in [0, 0.1) is 0 Å². The third-order valence-electron chi connectivity index (χ3n) is 3.73. The maximum Gasteiger partial charge on any atom is 0.0834 e. The molecule has 2 N–H and O–H groups in total. The first-order chi connectivity index (χ1) is 10.2. The second-order valence-electron chi connectivity index (χ2n) is 5.09. The highest BCUT2D eigenvalue weighted by atomic mass is 35.5. The largest absolute Gasteiger partial charge is 0.383 e. The highest BCUT2D eigenvalue weighted by molar-refractivity contribution is 8.00. The van der Waals surface area contributed by atoms with E-state index in [9.17, 15) is 0 Å². The molecule has 2 atom stereocenters. The predicted octanol–water partition coefficient (Wildman–Crippen LogP) is 2.90. The zero-order valence-electron chi connectivity index (χ0n) is 11.8. The van der Waals surface area contributed by atoms with Crippen LogP contribution >= 0.6 is 23.4 Å². The van der Waals surface area contributed by atoms with Gasteiger partial charge >= 0.3 is 0 Å². The van der Waals surface area contributed by atoms with Gasteiger partial charge in [0.1, 0.15) is 0 Å². The summed E-state index contributed by atoms with van der Waals surface area (Å²) < 4.78 is 6.98. The Morgan fingerprint density at radius 2 is 2.33 bits per heavy atom. The Labute approximate surface area is 133 Å². The molecule has 0 amide bonds. The molecule has 4 nitrogen and oxygen atoms in total. The van der Waals surface area contributed by atoms with Crippen molar-refractivity contribution in [1.29, 1.82) is 0 Å². The van der Waals surface area contributed by atoms with Crippen LogP contribution in [0.15, 0.2) is 35.4 Å². The van der Waals surface area contributed by atoms with Crippen LogP contribution in [0.4, 0.5) is 0 Å². The molecule has 112 valence electrons. The molecule has 1 aliphatic rings. The first-order valence-corrected chi connectivity index (χ1v) is 8.16. The maximum atomic E-state index is 6.49. The third-order valence-corrected chi connectivity index (χ3v) is 5.43. The minimum atomic E-state index is -0.144. The number of fused-ring (bicyclic) bond motifs is 1. The normalized spacial score (nSPS) is 18.7. The molecule has 21 heavy (non-hydrogen) atoms. The average Bonchev–Trinajstić information content (AvgIpc) is 3.08. The number of methoxy groups -OCH3 is 1. The summed E-state index contributed by atoms with van der Waals surface area (Å²) in [5, 5.41) is 5.23. The number of nitrogens with zero attached hydrogens (tertiary/aromatic N) is 2. The molecule has 3 rings (SSSR count). The van der Waals surface area contributed by atoms with E-state index in [-0.39, 0.29) is 11.3 Å². The van der Waals surface area contributed by atoms with Crippen LogP contribution in [-0.4, -0.2) is 28.7 Å². The minimum absolute atomic E-state index is 0.144. The van der Waals surface area contributed by atoms with Gasteiger partial charge in [-0.25, -0.2) is 0 Å². The number of hydrogen-bond acceptors (Lipinski definition) is 4. The topological polar surface area (TPSA) is 53.1 Å². The average molecular weight is 324 g/mol. The first kappa shape index (κ1) is 14.9. The van der Waals surface area contributed by atoms with Crippen LogP contribution in [-0.2, 0) is 17.7 Å². The van der Waals surface area contributed by atoms with Crippen molar-refractivity contribution >= 4 is 23.4 Å². The van der Waals surface area contributed by atoms with E-state index in [0.29, 0.717) is 18.2 Å². The van der Waals surface area contributed by atoms with Crippen LogP contribution in [0.3, 0.4) is 0 Å². The number of thioether (sulfide) groups is 1. The Hall–Kier alpha value is -1.01. The number of hydrogen-bond donors (Lipinski definition) is 1. The molecular formula is C15H18ClN3OS. The zero-order chi connectivity index (χ0) is 14.8. The lowest BCUT2D eigenvalue weighted by Crippen LogP contribution is -2.27. The summed E-state index contributed by atoms with van der Waals surface area (Å²) in [6.45, 7) is 1.26. The lowest BCUT2D eigenvalue weighted by Gasteiger charge is -2.20. The van der Waals surface area contributed by atoms with Crippen molar-refractivity contribution in [3.8, 4) is 0 Å². The summed E-state index contributed by atoms with van der Waals surface area (Å²) in [5.74, 6) is 0. The second kappa shape index (κ2) is 6.40. The molecule has 1 aromatic heterocycles. The van der Waals surface area contributed by atoms with Crippen molar-refractivity contribution in [3.05, 3.63) is 46.7 Å². The number of rotatable bonds is 5. The van der Waals surface area contributed by atoms with E-state index in [0.717, 1.165) is 12.1 Å². The maximum absolute atomic E-state index is 6.49. The minimum Gasteiger partial charge on any atom is -0.383 e. The molecular weight excluding hydrogens is 306 g/mol. The molecule has 0 saturated heterocycles. The fourth-order valence-electron chi connectivity index (χ4n) is 2.64. The van der Waals surface area contributed by atoms with Crippen molar-refractivity contribution in [1.82, 2.24) is 9.78 Å². The zero-order valence-corrected chi connectivity index (χ0v) is 13.4. The van der Waals surface area contributed by atoms with E-state index in [1.54, 1.807) is 13.3 Å². The van der Waals surface area contributed by atoms with E-state index >= 15 is 0 Å². The second-order valence-corrected chi connectivity index (χ2v) is 6.78. The summed E-state index contributed by atoms with van der Waals surface area (Å²) in [4.78, 5) is 1.32. The summed E-state index contributed by atoms with van der Waals surface area (Å²) >= 11 is 8.12. The van der Waals surface area contributed by atoms with E-state index in [1.165, 1.54) is 10.5 Å². The summed E-state index contributed by atoms with van der Waals surface area (Å²) in [6.07, 6.45) is 2.63. The summed E-state index contributed by atoms with van der Waals surface area (Å²) in [6, 6.07) is 8.31. The van der Waals surface area contributed by atoms with Crippen molar-refractivity contribution in [3.63, 3.8) is 0 Å².